The zero-order valence-corrected chi connectivity index (χ0v) is 7.48. The minimum Gasteiger partial charge on any atom is -0.212 e. The Morgan fingerprint density at radius 3 is 2.30 bits per heavy atom. The minimum atomic E-state index is -2.96. The van der Waals surface area contributed by atoms with Gasteiger partial charge >= 0.3 is 0 Å². The lowest BCUT2D eigenvalue weighted by Crippen LogP contribution is -2.29. The Balaban J connectivity index is 4.06. The van der Waals surface area contributed by atoms with E-state index in [1.807, 2.05) is 13.3 Å². The molecule has 0 saturated heterocycles. The van der Waals surface area contributed by atoms with Crippen LogP contribution in [0, 0.1) is 6.42 Å². The highest BCUT2D eigenvalue weighted by molar-refractivity contribution is 7.89. The molecule has 0 spiro atoms. The molecule has 0 aliphatic carbocycles. The molecule has 61 valence electrons. The number of rotatable bonds is 4. The van der Waals surface area contributed by atoms with Crippen LogP contribution < -0.4 is 0 Å². The predicted molar refractivity (Wildman–Crippen MR) is 42.1 cm³/mol. The highest BCUT2D eigenvalue weighted by atomic mass is 32.2. The molecule has 0 N–H and O–H groups in total. The number of nitrogens with zero attached hydrogens (tertiary/aromatic N) is 1. The second kappa shape index (κ2) is 3.93. The van der Waals surface area contributed by atoms with Gasteiger partial charge in [-0.05, 0) is 13.3 Å². The van der Waals surface area contributed by atoms with Gasteiger partial charge in [0.2, 0.25) is 10.0 Å². The standard InChI is InChI=1S/C6H14NO2S/c1-4-6-7(3)10(8,9)5-2/h4H,5-6H2,1-3H3. The maximum atomic E-state index is 11.0. The minimum absolute atomic E-state index is 0.178. The van der Waals surface area contributed by atoms with E-state index in [4.69, 9.17) is 0 Å². The van der Waals surface area contributed by atoms with E-state index >= 15 is 0 Å². The summed E-state index contributed by atoms with van der Waals surface area (Å²) in [6.07, 6.45) is 1.81. The van der Waals surface area contributed by atoms with Crippen LogP contribution in [-0.2, 0) is 10.0 Å². The van der Waals surface area contributed by atoms with Gasteiger partial charge in [-0.15, -0.1) is 0 Å². The van der Waals surface area contributed by atoms with E-state index < -0.39 is 10.0 Å². The Kier molecular flexibility index (Phi) is 3.89. The summed E-state index contributed by atoms with van der Waals surface area (Å²) in [5.74, 6) is 0.178. The number of hydrogen-bond acceptors (Lipinski definition) is 2. The van der Waals surface area contributed by atoms with E-state index in [2.05, 4.69) is 0 Å². The molecule has 10 heavy (non-hydrogen) atoms. The van der Waals surface area contributed by atoms with Gasteiger partial charge in [0.05, 0.1) is 5.75 Å². The average molecular weight is 164 g/mol. The molecule has 0 unspecified atom stereocenters. The molecule has 4 heteroatoms. The van der Waals surface area contributed by atoms with Crippen LogP contribution in [0.25, 0.3) is 0 Å². The lowest BCUT2D eigenvalue weighted by molar-refractivity contribution is 0.492. The SMILES string of the molecule is C[CH]CN(C)S(=O)(=O)CC. The van der Waals surface area contributed by atoms with E-state index in [0.717, 1.165) is 0 Å². The first-order valence-corrected chi connectivity index (χ1v) is 4.87. The molecule has 0 aromatic carbocycles. The van der Waals surface area contributed by atoms with Crippen molar-refractivity contribution in [2.75, 3.05) is 19.3 Å². The molecule has 0 rings (SSSR count). The van der Waals surface area contributed by atoms with Crippen molar-refractivity contribution >= 4 is 10.0 Å². The highest BCUT2D eigenvalue weighted by Gasteiger charge is 2.12. The molecule has 0 atom stereocenters. The fourth-order valence-corrected chi connectivity index (χ4v) is 1.41. The van der Waals surface area contributed by atoms with Crippen molar-refractivity contribution in [1.82, 2.24) is 4.31 Å². The molecular formula is C6H14NO2S. The Morgan fingerprint density at radius 1 is 1.50 bits per heavy atom. The van der Waals surface area contributed by atoms with Crippen molar-refractivity contribution in [3.63, 3.8) is 0 Å². The second-order valence-corrected chi connectivity index (χ2v) is 4.45. The molecule has 0 fully saturated rings. The van der Waals surface area contributed by atoms with Crippen molar-refractivity contribution in [1.29, 1.82) is 0 Å². The molecule has 0 aromatic heterocycles. The zero-order valence-electron chi connectivity index (χ0n) is 6.66. The van der Waals surface area contributed by atoms with Crippen LogP contribution in [-0.4, -0.2) is 32.1 Å². The molecule has 0 aromatic rings. The van der Waals surface area contributed by atoms with Gasteiger partial charge in [-0.2, -0.15) is 0 Å². The second-order valence-electron chi connectivity index (χ2n) is 2.09. The molecule has 0 amide bonds. The third-order valence-electron chi connectivity index (χ3n) is 1.28. The van der Waals surface area contributed by atoms with Gasteiger partial charge in [0.1, 0.15) is 0 Å². The van der Waals surface area contributed by atoms with Crippen molar-refractivity contribution in [3.8, 4) is 0 Å². The van der Waals surface area contributed by atoms with Gasteiger partial charge in [-0.3, -0.25) is 0 Å². The van der Waals surface area contributed by atoms with Gasteiger partial charge in [-0.1, -0.05) is 6.92 Å². The number of sulfonamides is 1. The molecule has 0 saturated carbocycles. The van der Waals surface area contributed by atoms with Crippen LogP contribution in [0.2, 0.25) is 0 Å². The van der Waals surface area contributed by atoms with E-state index in [1.54, 1.807) is 14.0 Å². The van der Waals surface area contributed by atoms with Gasteiger partial charge in [0.25, 0.3) is 0 Å². The fourth-order valence-electron chi connectivity index (χ4n) is 0.591. The van der Waals surface area contributed by atoms with E-state index in [0.29, 0.717) is 6.54 Å². The Bertz CT molecular complexity index is 174. The van der Waals surface area contributed by atoms with Crippen molar-refractivity contribution in [2.45, 2.75) is 13.8 Å². The molecule has 0 aliphatic heterocycles. The van der Waals surface area contributed by atoms with Crippen LogP contribution >= 0.6 is 0 Å². The summed E-state index contributed by atoms with van der Waals surface area (Å²) in [4.78, 5) is 0. The molecule has 0 bridgehead atoms. The largest absolute Gasteiger partial charge is 0.213 e. The predicted octanol–water partition coefficient (Wildman–Crippen LogP) is 0.492. The van der Waals surface area contributed by atoms with Gasteiger partial charge in [-0.25, -0.2) is 12.7 Å². The Hall–Kier alpha value is -0.0900. The van der Waals surface area contributed by atoms with Crippen LogP contribution in [0.15, 0.2) is 0 Å². The fraction of sp³-hybridized carbons (Fsp3) is 0.833. The smallest absolute Gasteiger partial charge is 0.212 e. The van der Waals surface area contributed by atoms with Gasteiger partial charge in [0.15, 0.2) is 0 Å². The molecular weight excluding hydrogens is 150 g/mol. The van der Waals surface area contributed by atoms with E-state index in [1.165, 1.54) is 4.31 Å². The Morgan fingerprint density at radius 2 is 2.00 bits per heavy atom. The summed E-state index contributed by atoms with van der Waals surface area (Å²) in [6, 6.07) is 0. The van der Waals surface area contributed by atoms with Crippen molar-refractivity contribution in [3.05, 3.63) is 6.42 Å². The van der Waals surface area contributed by atoms with E-state index in [-0.39, 0.29) is 5.75 Å². The summed E-state index contributed by atoms with van der Waals surface area (Å²) in [5.41, 5.74) is 0. The molecule has 3 nitrogen and oxygen atoms in total. The first kappa shape index (κ1) is 9.91. The Labute approximate surface area is 63.1 Å². The maximum Gasteiger partial charge on any atom is 0.213 e. The summed E-state index contributed by atoms with van der Waals surface area (Å²) >= 11 is 0. The zero-order chi connectivity index (χ0) is 8.20. The van der Waals surface area contributed by atoms with Crippen LogP contribution in [0.1, 0.15) is 13.8 Å². The maximum absolute atomic E-state index is 11.0. The lowest BCUT2D eigenvalue weighted by atomic mass is 10.5. The monoisotopic (exact) mass is 164 g/mol. The molecule has 0 heterocycles. The normalized spacial score (nSPS) is 12.4. The van der Waals surface area contributed by atoms with Gasteiger partial charge < -0.3 is 0 Å². The van der Waals surface area contributed by atoms with Crippen LogP contribution in [0.3, 0.4) is 0 Å². The number of hydrogen-bond donors (Lipinski definition) is 0. The third-order valence-corrected chi connectivity index (χ3v) is 3.11. The quantitative estimate of drug-likeness (QED) is 0.606. The summed E-state index contributed by atoms with van der Waals surface area (Å²) in [5, 5.41) is 0. The average Bonchev–Trinajstić information content (AvgIpc) is 1.89. The van der Waals surface area contributed by atoms with Crippen molar-refractivity contribution in [2.24, 2.45) is 0 Å². The summed E-state index contributed by atoms with van der Waals surface area (Å²) in [6.45, 7) is 3.97. The first-order valence-electron chi connectivity index (χ1n) is 3.26. The van der Waals surface area contributed by atoms with Gasteiger partial charge in [0, 0.05) is 13.6 Å². The van der Waals surface area contributed by atoms with Crippen LogP contribution in [0.4, 0.5) is 0 Å². The van der Waals surface area contributed by atoms with E-state index in [9.17, 15) is 8.42 Å². The topological polar surface area (TPSA) is 37.4 Å². The van der Waals surface area contributed by atoms with Crippen molar-refractivity contribution < 1.29 is 8.42 Å². The first-order chi connectivity index (χ1) is 4.54. The lowest BCUT2D eigenvalue weighted by Gasteiger charge is -2.13. The molecule has 1 radical (unpaired) electrons. The summed E-state index contributed by atoms with van der Waals surface area (Å²) < 4.78 is 23.3. The highest BCUT2D eigenvalue weighted by Crippen LogP contribution is 1.96. The van der Waals surface area contributed by atoms with Crippen LogP contribution in [0.5, 0.6) is 0 Å². The summed E-state index contributed by atoms with van der Waals surface area (Å²) in [7, 11) is -1.38. The molecule has 0 aliphatic rings. The third kappa shape index (κ3) is 2.66.